The van der Waals surface area contributed by atoms with Crippen LogP contribution in [-0.2, 0) is 25.9 Å². The summed E-state index contributed by atoms with van der Waals surface area (Å²) in [5.41, 5.74) is 2.74. The van der Waals surface area contributed by atoms with E-state index in [0.717, 1.165) is 18.6 Å². The number of ether oxygens (including phenoxy) is 1. The highest BCUT2D eigenvalue weighted by atomic mass is 35.5. The van der Waals surface area contributed by atoms with E-state index in [1.165, 1.54) is 24.0 Å². The molecule has 0 aliphatic heterocycles. The minimum Gasteiger partial charge on any atom is -0.484 e. The lowest BCUT2D eigenvalue weighted by Gasteiger charge is -2.18. The van der Waals surface area contributed by atoms with E-state index in [1.807, 2.05) is 12.1 Å². The zero-order chi connectivity index (χ0) is 13.8. The van der Waals surface area contributed by atoms with Crippen molar-refractivity contribution in [2.45, 2.75) is 38.7 Å². The number of benzene rings is 1. The highest BCUT2D eigenvalue weighted by molar-refractivity contribution is 6.17. The van der Waals surface area contributed by atoms with Crippen molar-refractivity contribution in [2.75, 3.05) is 5.88 Å². The lowest BCUT2D eigenvalue weighted by atomic mass is 9.91. The van der Waals surface area contributed by atoms with E-state index in [4.69, 9.17) is 20.8 Å². The first-order chi connectivity index (χ1) is 9.86. The van der Waals surface area contributed by atoms with Gasteiger partial charge in [-0.05, 0) is 42.9 Å². The van der Waals surface area contributed by atoms with Crippen LogP contribution in [0.5, 0.6) is 5.75 Å². The number of nitrogens with zero attached hydrogens (tertiary/aromatic N) is 2. The Hall–Kier alpha value is -1.55. The van der Waals surface area contributed by atoms with Gasteiger partial charge in [-0.1, -0.05) is 12.1 Å². The molecule has 1 aromatic carbocycles. The molecule has 0 N–H and O–H groups in total. The molecule has 0 unspecified atom stereocenters. The monoisotopic (exact) mass is 292 g/mol. The van der Waals surface area contributed by atoms with E-state index >= 15 is 0 Å². The predicted octanol–water partition coefficient (Wildman–Crippen LogP) is 3.31. The minimum absolute atomic E-state index is 0.311. The highest BCUT2D eigenvalue weighted by Gasteiger charge is 2.14. The molecule has 1 aliphatic rings. The molecule has 0 atom stereocenters. The summed E-state index contributed by atoms with van der Waals surface area (Å²) >= 11 is 5.64. The van der Waals surface area contributed by atoms with Crippen molar-refractivity contribution < 1.29 is 9.15 Å². The first kappa shape index (κ1) is 13.4. The maximum atomic E-state index is 5.85. The molecule has 5 heteroatoms. The van der Waals surface area contributed by atoms with E-state index in [1.54, 1.807) is 0 Å². The van der Waals surface area contributed by atoms with E-state index in [9.17, 15) is 0 Å². The normalized spacial score (nSPS) is 14.1. The Morgan fingerprint density at radius 1 is 1.15 bits per heavy atom. The average molecular weight is 293 g/mol. The average Bonchev–Trinajstić information content (AvgIpc) is 2.93. The van der Waals surface area contributed by atoms with Crippen molar-refractivity contribution in [3.63, 3.8) is 0 Å². The highest BCUT2D eigenvalue weighted by Crippen LogP contribution is 2.29. The summed E-state index contributed by atoms with van der Waals surface area (Å²) in [5, 5.41) is 7.89. The molecule has 0 bridgehead atoms. The molecule has 106 valence electrons. The van der Waals surface area contributed by atoms with Gasteiger partial charge in [0.1, 0.15) is 5.75 Å². The molecular weight excluding hydrogens is 276 g/mol. The zero-order valence-corrected chi connectivity index (χ0v) is 12.0. The van der Waals surface area contributed by atoms with Crippen LogP contribution in [0.15, 0.2) is 22.6 Å². The second-order valence-electron chi connectivity index (χ2n) is 4.92. The molecule has 1 aromatic heterocycles. The van der Waals surface area contributed by atoms with Gasteiger partial charge in [-0.15, -0.1) is 21.8 Å². The van der Waals surface area contributed by atoms with E-state index in [2.05, 4.69) is 16.3 Å². The van der Waals surface area contributed by atoms with Gasteiger partial charge >= 0.3 is 0 Å². The van der Waals surface area contributed by atoms with E-state index < -0.39 is 0 Å². The summed E-state index contributed by atoms with van der Waals surface area (Å²) in [6.07, 6.45) is 5.32. The van der Waals surface area contributed by atoms with Crippen molar-refractivity contribution in [3.8, 4) is 5.75 Å². The summed E-state index contributed by atoms with van der Waals surface area (Å²) in [7, 11) is 0. The Balaban J connectivity index is 1.68. The Morgan fingerprint density at radius 3 is 2.90 bits per heavy atom. The molecule has 0 saturated heterocycles. The standard InChI is InChI=1S/C15H17ClN2O2/c16-9-8-14-17-18-15(20-14)10-19-13-7-3-5-11-4-1-2-6-12(11)13/h3,5,7H,1-2,4,6,8-10H2. The topological polar surface area (TPSA) is 48.2 Å². The van der Waals surface area contributed by atoms with Crippen LogP contribution in [0.4, 0.5) is 0 Å². The molecule has 1 aliphatic carbocycles. The number of alkyl halides is 1. The van der Waals surface area contributed by atoms with Gasteiger partial charge in [0.2, 0.25) is 5.89 Å². The summed E-state index contributed by atoms with van der Waals surface area (Å²) in [6.45, 7) is 0.311. The van der Waals surface area contributed by atoms with Gasteiger partial charge in [0.25, 0.3) is 5.89 Å². The summed E-state index contributed by atoms with van der Waals surface area (Å²) in [4.78, 5) is 0. The quantitative estimate of drug-likeness (QED) is 0.793. The molecule has 1 heterocycles. The van der Waals surface area contributed by atoms with Crippen molar-refractivity contribution in [2.24, 2.45) is 0 Å². The fourth-order valence-corrected chi connectivity index (χ4v) is 2.71. The van der Waals surface area contributed by atoms with Crippen molar-refractivity contribution in [1.29, 1.82) is 0 Å². The number of aryl methyl sites for hydroxylation is 2. The van der Waals surface area contributed by atoms with Gasteiger partial charge in [0, 0.05) is 12.3 Å². The maximum Gasteiger partial charge on any atom is 0.253 e. The molecule has 2 aromatic rings. The maximum absolute atomic E-state index is 5.85. The van der Waals surface area contributed by atoms with Crippen LogP contribution < -0.4 is 4.74 Å². The largest absolute Gasteiger partial charge is 0.484 e. The number of aromatic nitrogens is 2. The molecule has 0 spiro atoms. The number of hydrogen-bond acceptors (Lipinski definition) is 4. The Morgan fingerprint density at radius 2 is 2.00 bits per heavy atom. The number of rotatable bonds is 5. The summed E-state index contributed by atoms with van der Waals surface area (Å²) < 4.78 is 11.3. The number of halogens is 1. The second kappa shape index (κ2) is 6.27. The van der Waals surface area contributed by atoms with Crippen LogP contribution in [0, 0.1) is 0 Å². The van der Waals surface area contributed by atoms with Gasteiger partial charge in [0.05, 0.1) is 0 Å². The Kier molecular flexibility index (Phi) is 4.21. The predicted molar refractivity (Wildman–Crippen MR) is 76.1 cm³/mol. The number of fused-ring (bicyclic) bond motifs is 1. The SMILES string of the molecule is ClCCc1nnc(COc2cccc3c2CCCC3)o1. The van der Waals surface area contributed by atoms with E-state index in [-0.39, 0.29) is 0 Å². The van der Waals surface area contributed by atoms with Crippen LogP contribution in [0.1, 0.15) is 35.7 Å². The van der Waals surface area contributed by atoms with Crippen LogP contribution in [0.25, 0.3) is 0 Å². The van der Waals surface area contributed by atoms with Crippen molar-refractivity contribution in [3.05, 3.63) is 41.1 Å². The van der Waals surface area contributed by atoms with Crippen LogP contribution in [0.2, 0.25) is 0 Å². The second-order valence-corrected chi connectivity index (χ2v) is 5.30. The number of hydrogen-bond donors (Lipinski definition) is 0. The Labute approximate surface area is 123 Å². The van der Waals surface area contributed by atoms with Crippen LogP contribution in [-0.4, -0.2) is 16.1 Å². The van der Waals surface area contributed by atoms with Gasteiger partial charge in [-0.25, -0.2) is 0 Å². The first-order valence-corrected chi connectivity index (χ1v) is 7.51. The van der Waals surface area contributed by atoms with Crippen LogP contribution in [0.3, 0.4) is 0 Å². The Bertz CT molecular complexity index is 583. The summed E-state index contributed by atoms with van der Waals surface area (Å²) in [5.74, 6) is 2.49. The first-order valence-electron chi connectivity index (χ1n) is 6.97. The van der Waals surface area contributed by atoms with Crippen LogP contribution >= 0.6 is 11.6 Å². The third-order valence-corrected chi connectivity index (χ3v) is 3.71. The lowest BCUT2D eigenvalue weighted by Crippen LogP contribution is -2.06. The van der Waals surface area contributed by atoms with Gasteiger partial charge in [0.15, 0.2) is 6.61 Å². The molecular formula is C15H17ClN2O2. The molecule has 0 radical (unpaired) electrons. The fraction of sp³-hybridized carbons (Fsp3) is 0.467. The molecule has 4 nitrogen and oxygen atoms in total. The summed E-state index contributed by atoms with van der Waals surface area (Å²) in [6, 6.07) is 6.25. The van der Waals surface area contributed by atoms with Crippen molar-refractivity contribution in [1.82, 2.24) is 10.2 Å². The third-order valence-electron chi connectivity index (χ3n) is 3.52. The van der Waals surface area contributed by atoms with Gasteiger partial charge < -0.3 is 9.15 Å². The zero-order valence-electron chi connectivity index (χ0n) is 11.3. The smallest absolute Gasteiger partial charge is 0.253 e. The molecule has 0 amide bonds. The minimum atomic E-state index is 0.311. The lowest BCUT2D eigenvalue weighted by molar-refractivity contribution is 0.256. The molecule has 0 fully saturated rings. The van der Waals surface area contributed by atoms with Crippen molar-refractivity contribution >= 4 is 11.6 Å². The fourth-order valence-electron chi connectivity index (χ4n) is 2.55. The molecule has 20 heavy (non-hydrogen) atoms. The van der Waals surface area contributed by atoms with Gasteiger partial charge in [-0.2, -0.15) is 0 Å². The van der Waals surface area contributed by atoms with E-state index in [0.29, 0.717) is 30.7 Å². The molecule has 3 rings (SSSR count). The third kappa shape index (κ3) is 2.96. The van der Waals surface area contributed by atoms with Gasteiger partial charge in [-0.3, -0.25) is 0 Å². The molecule has 0 saturated carbocycles.